The zero-order valence-corrected chi connectivity index (χ0v) is 19.7. The molecule has 1 amide bonds. The number of primary amides is 1. The van der Waals surface area contributed by atoms with Crippen LogP contribution in [-0.4, -0.2) is 47.8 Å². The summed E-state index contributed by atoms with van der Waals surface area (Å²) < 4.78 is 25.6. The van der Waals surface area contributed by atoms with Crippen LogP contribution in [-0.2, 0) is 4.74 Å². The van der Waals surface area contributed by atoms with Crippen molar-refractivity contribution in [1.82, 2.24) is 9.97 Å². The van der Waals surface area contributed by atoms with Crippen LogP contribution in [0.3, 0.4) is 0 Å². The zero-order chi connectivity index (χ0) is 24.8. The number of nitrogens with zero attached hydrogens (tertiary/aromatic N) is 2. The molecule has 0 unspecified atom stereocenters. The standard InChI is InChI=1S/C25H31FN6O3/c1-2-34-11-12-35-22-10-7-15-13-16(8-9-20(15)30-22)29-24-17(23(28)33)14-18(26)25(32-24)31-21-6-4-3-5-19(21)27/h7-10,13-14,19,21H,2-6,11-12,27H2,1H3,(H2,28,33)(H2,29,31,32)/t19-,21+/m0/s1. The van der Waals surface area contributed by atoms with Crippen LogP contribution in [0, 0.1) is 5.82 Å². The van der Waals surface area contributed by atoms with Crippen molar-refractivity contribution in [3.05, 3.63) is 47.8 Å². The van der Waals surface area contributed by atoms with E-state index in [9.17, 15) is 9.18 Å². The molecule has 4 rings (SSSR count). The van der Waals surface area contributed by atoms with Gasteiger partial charge in [-0.05, 0) is 50.1 Å². The van der Waals surface area contributed by atoms with Crippen LogP contribution in [0.5, 0.6) is 5.88 Å². The number of carbonyl (C=O) groups excluding carboxylic acids is 1. The lowest BCUT2D eigenvalue weighted by Crippen LogP contribution is -2.43. The third-order valence-corrected chi connectivity index (χ3v) is 5.99. The van der Waals surface area contributed by atoms with Gasteiger partial charge in [0.05, 0.1) is 17.7 Å². The molecule has 0 spiro atoms. The third kappa shape index (κ3) is 6.14. The van der Waals surface area contributed by atoms with Crippen molar-refractivity contribution >= 4 is 34.1 Å². The number of hydrogen-bond acceptors (Lipinski definition) is 8. The summed E-state index contributed by atoms with van der Waals surface area (Å²) in [6, 6.07) is 10.1. The van der Waals surface area contributed by atoms with Crippen molar-refractivity contribution in [2.24, 2.45) is 11.5 Å². The minimum Gasteiger partial charge on any atom is -0.475 e. The molecule has 0 radical (unpaired) electrons. The van der Waals surface area contributed by atoms with Gasteiger partial charge in [0.1, 0.15) is 12.4 Å². The summed E-state index contributed by atoms with van der Waals surface area (Å²) in [6.45, 7) is 3.48. The summed E-state index contributed by atoms with van der Waals surface area (Å²) in [5.41, 5.74) is 13.0. The second-order valence-corrected chi connectivity index (χ2v) is 8.51. The predicted octanol–water partition coefficient (Wildman–Crippen LogP) is 3.71. The Balaban J connectivity index is 1.55. The lowest BCUT2D eigenvalue weighted by Gasteiger charge is -2.30. The molecular formula is C25H31FN6O3. The number of nitrogens with two attached hydrogens (primary N) is 2. The van der Waals surface area contributed by atoms with Crippen LogP contribution in [0.15, 0.2) is 36.4 Å². The lowest BCUT2D eigenvalue weighted by atomic mass is 9.91. The molecule has 2 aromatic heterocycles. The van der Waals surface area contributed by atoms with Crippen molar-refractivity contribution in [3.8, 4) is 5.88 Å². The maximum atomic E-state index is 14.8. The number of anilines is 3. The molecule has 1 aliphatic carbocycles. The van der Waals surface area contributed by atoms with Crippen molar-refractivity contribution < 1.29 is 18.7 Å². The van der Waals surface area contributed by atoms with E-state index in [1.165, 1.54) is 0 Å². The highest BCUT2D eigenvalue weighted by atomic mass is 19.1. The molecule has 10 heteroatoms. The number of fused-ring (bicyclic) bond motifs is 1. The molecule has 9 nitrogen and oxygen atoms in total. The Bertz CT molecular complexity index is 1190. The van der Waals surface area contributed by atoms with Gasteiger partial charge in [-0.25, -0.2) is 14.4 Å². The van der Waals surface area contributed by atoms with Crippen molar-refractivity contribution in [2.45, 2.75) is 44.7 Å². The van der Waals surface area contributed by atoms with E-state index in [-0.39, 0.29) is 29.3 Å². The first-order chi connectivity index (χ1) is 16.9. The van der Waals surface area contributed by atoms with Gasteiger partial charge in [0.15, 0.2) is 11.6 Å². The molecule has 35 heavy (non-hydrogen) atoms. The Kier molecular flexibility index (Phi) is 7.94. The Morgan fingerprint density at radius 2 is 1.94 bits per heavy atom. The topological polar surface area (TPSA) is 137 Å². The number of rotatable bonds is 10. The van der Waals surface area contributed by atoms with Gasteiger partial charge in [0, 0.05) is 35.8 Å². The van der Waals surface area contributed by atoms with E-state index in [0.717, 1.165) is 42.7 Å². The van der Waals surface area contributed by atoms with Gasteiger partial charge >= 0.3 is 0 Å². The van der Waals surface area contributed by atoms with Gasteiger partial charge in [-0.15, -0.1) is 0 Å². The average molecular weight is 483 g/mol. The molecule has 1 saturated carbocycles. The van der Waals surface area contributed by atoms with E-state index < -0.39 is 11.7 Å². The molecule has 1 aromatic carbocycles. The normalized spacial score (nSPS) is 17.8. The van der Waals surface area contributed by atoms with E-state index in [2.05, 4.69) is 20.6 Å². The van der Waals surface area contributed by atoms with E-state index in [1.54, 1.807) is 12.1 Å². The quantitative estimate of drug-likeness (QED) is 0.321. The second kappa shape index (κ2) is 11.3. The Labute approximate surface area is 203 Å². The average Bonchev–Trinajstić information content (AvgIpc) is 2.85. The van der Waals surface area contributed by atoms with Crippen LogP contribution in [0.1, 0.15) is 43.0 Å². The van der Waals surface area contributed by atoms with Crippen LogP contribution < -0.4 is 26.8 Å². The van der Waals surface area contributed by atoms with E-state index >= 15 is 0 Å². The summed E-state index contributed by atoms with van der Waals surface area (Å²) in [5, 5.41) is 7.06. The van der Waals surface area contributed by atoms with Crippen LogP contribution >= 0.6 is 0 Å². The first kappa shape index (κ1) is 24.6. The summed E-state index contributed by atoms with van der Waals surface area (Å²) >= 11 is 0. The van der Waals surface area contributed by atoms with Gasteiger partial charge in [0.25, 0.3) is 5.91 Å². The minimum atomic E-state index is -0.781. The highest BCUT2D eigenvalue weighted by Gasteiger charge is 2.24. The molecule has 2 heterocycles. The monoisotopic (exact) mass is 482 g/mol. The molecule has 0 aliphatic heterocycles. The highest BCUT2D eigenvalue weighted by Crippen LogP contribution is 2.28. The number of carbonyl (C=O) groups is 1. The Hall–Kier alpha value is -3.50. The Morgan fingerprint density at radius 1 is 1.11 bits per heavy atom. The fraction of sp³-hybridized carbons (Fsp3) is 0.400. The SMILES string of the molecule is CCOCCOc1ccc2cc(Nc3nc(N[C@@H]4CCCC[C@@H]4N)c(F)cc3C(N)=O)ccc2n1. The summed E-state index contributed by atoms with van der Waals surface area (Å²) in [7, 11) is 0. The fourth-order valence-corrected chi connectivity index (χ4v) is 4.14. The number of pyridine rings is 2. The first-order valence-corrected chi connectivity index (χ1v) is 11.9. The van der Waals surface area contributed by atoms with Gasteiger partial charge in [-0.3, -0.25) is 4.79 Å². The molecule has 3 aromatic rings. The fourth-order valence-electron chi connectivity index (χ4n) is 4.14. The van der Waals surface area contributed by atoms with Crippen LogP contribution in [0.4, 0.5) is 21.7 Å². The molecule has 0 saturated heterocycles. The smallest absolute Gasteiger partial charge is 0.252 e. The predicted molar refractivity (Wildman–Crippen MR) is 134 cm³/mol. The van der Waals surface area contributed by atoms with Gasteiger partial charge in [0.2, 0.25) is 5.88 Å². The molecule has 6 N–H and O–H groups in total. The van der Waals surface area contributed by atoms with E-state index in [0.29, 0.717) is 31.4 Å². The van der Waals surface area contributed by atoms with Crippen molar-refractivity contribution in [3.63, 3.8) is 0 Å². The second-order valence-electron chi connectivity index (χ2n) is 8.51. The zero-order valence-electron chi connectivity index (χ0n) is 19.7. The Morgan fingerprint density at radius 3 is 2.71 bits per heavy atom. The van der Waals surface area contributed by atoms with Crippen molar-refractivity contribution in [1.29, 1.82) is 0 Å². The van der Waals surface area contributed by atoms with Gasteiger partial charge in [-0.1, -0.05) is 12.8 Å². The minimum absolute atomic E-state index is 0.0381. The maximum absolute atomic E-state index is 14.8. The van der Waals surface area contributed by atoms with E-state index in [1.807, 2.05) is 25.1 Å². The van der Waals surface area contributed by atoms with E-state index in [4.69, 9.17) is 20.9 Å². The summed E-state index contributed by atoms with van der Waals surface area (Å²) in [6.07, 6.45) is 3.77. The highest BCUT2D eigenvalue weighted by molar-refractivity contribution is 5.99. The molecular weight excluding hydrogens is 451 g/mol. The van der Waals surface area contributed by atoms with Gasteiger partial charge in [-0.2, -0.15) is 0 Å². The van der Waals surface area contributed by atoms with Gasteiger partial charge < -0.3 is 31.6 Å². The number of amides is 1. The third-order valence-electron chi connectivity index (χ3n) is 5.99. The number of nitrogens with one attached hydrogen (secondary N) is 2. The number of aromatic nitrogens is 2. The number of halogens is 1. The largest absolute Gasteiger partial charge is 0.475 e. The number of ether oxygens (including phenoxy) is 2. The molecule has 2 atom stereocenters. The maximum Gasteiger partial charge on any atom is 0.252 e. The number of benzene rings is 1. The van der Waals surface area contributed by atoms with Crippen LogP contribution in [0.2, 0.25) is 0 Å². The summed E-state index contributed by atoms with van der Waals surface area (Å²) in [5.74, 6) is -0.728. The molecule has 186 valence electrons. The van der Waals surface area contributed by atoms with Crippen LogP contribution in [0.25, 0.3) is 10.9 Å². The molecule has 0 bridgehead atoms. The van der Waals surface area contributed by atoms with Crippen molar-refractivity contribution in [2.75, 3.05) is 30.5 Å². The number of hydrogen-bond donors (Lipinski definition) is 4. The molecule has 1 fully saturated rings. The lowest BCUT2D eigenvalue weighted by molar-refractivity contribution is 0.100. The molecule has 1 aliphatic rings. The first-order valence-electron chi connectivity index (χ1n) is 11.9. The summed E-state index contributed by atoms with van der Waals surface area (Å²) in [4.78, 5) is 20.9.